The molecule has 0 aliphatic heterocycles. The van der Waals surface area contributed by atoms with Crippen LogP contribution in [0.25, 0.3) is 0 Å². The number of ketones is 1. The molecule has 0 bridgehead atoms. The SMILES string of the molecule is COc1cc(C)cc(OC)c1C(=O)C(C)[P+](=O)C(=O)c1c(C)cc(C(C)(C)C)cc1C. The lowest BCUT2D eigenvalue weighted by molar-refractivity contribution is 0.0976. The van der Waals surface area contributed by atoms with E-state index in [0.29, 0.717) is 17.1 Å². The Bertz CT molecular complexity index is 998. The molecule has 0 aromatic heterocycles. The van der Waals surface area contributed by atoms with Gasteiger partial charge in [-0.05, 0) is 67.5 Å². The zero-order valence-corrected chi connectivity index (χ0v) is 20.8. The molecule has 6 heteroatoms. The molecule has 0 N–H and O–H groups in total. The number of hydrogen-bond acceptors (Lipinski definition) is 5. The highest BCUT2D eigenvalue weighted by Crippen LogP contribution is 2.41. The van der Waals surface area contributed by atoms with Gasteiger partial charge in [0.05, 0.1) is 19.8 Å². The van der Waals surface area contributed by atoms with Gasteiger partial charge in [-0.3, -0.25) is 4.79 Å². The van der Waals surface area contributed by atoms with Crippen LogP contribution in [0.4, 0.5) is 0 Å². The summed E-state index contributed by atoms with van der Waals surface area (Å²) in [5.74, 6) is 0.239. The van der Waals surface area contributed by atoms with Crippen LogP contribution in [0.3, 0.4) is 0 Å². The molecule has 0 amide bonds. The summed E-state index contributed by atoms with van der Waals surface area (Å²) in [5.41, 5.74) is 2.54. The molecular weight excluding hydrogens is 411 g/mol. The first-order valence-corrected chi connectivity index (χ1v) is 11.6. The fourth-order valence-electron chi connectivity index (χ4n) is 3.62. The summed E-state index contributed by atoms with van der Waals surface area (Å²) in [6.45, 7) is 13.4. The minimum atomic E-state index is -2.50. The normalized spacial score (nSPS) is 12.9. The average Bonchev–Trinajstić information content (AvgIpc) is 2.69. The average molecular weight is 444 g/mol. The minimum Gasteiger partial charge on any atom is -0.496 e. The third-order valence-corrected chi connectivity index (χ3v) is 7.00. The van der Waals surface area contributed by atoms with E-state index < -0.39 is 24.8 Å². The Balaban J connectivity index is 2.45. The van der Waals surface area contributed by atoms with Gasteiger partial charge in [0.15, 0.2) is 0 Å². The standard InChI is InChI=1S/C25H32O5P/c1-14-10-19(29-8)22(20(11-14)30-9)23(26)17(4)31(28)24(27)21-15(2)12-18(13-16(21)3)25(5,6)7/h10-13,17H,1-9H3/q+1. The second-order valence-corrected chi connectivity index (χ2v) is 10.8. The van der Waals surface area contributed by atoms with Crippen molar-refractivity contribution in [3.63, 3.8) is 0 Å². The van der Waals surface area contributed by atoms with E-state index in [4.69, 9.17) is 9.47 Å². The van der Waals surface area contributed by atoms with Crippen molar-refractivity contribution in [2.45, 2.75) is 59.5 Å². The molecule has 0 heterocycles. The van der Waals surface area contributed by atoms with Gasteiger partial charge in [-0.25, -0.2) is 4.79 Å². The van der Waals surface area contributed by atoms with E-state index in [1.165, 1.54) is 21.1 Å². The number of carbonyl (C=O) groups excluding carboxylic acids is 2. The monoisotopic (exact) mass is 443 g/mol. The third kappa shape index (κ3) is 5.04. The van der Waals surface area contributed by atoms with Gasteiger partial charge in [-0.15, -0.1) is 0 Å². The fraction of sp³-hybridized carbons (Fsp3) is 0.440. The number of hydrogen-bond donors (Lipinski definition) is 0. The van der Waals surface area contributed by atoms with Gasteiger partial charge in [-0.1, -0.05) is 37.5 Å². The Morgan fingerprint density at radius 3 is 1.71 bits per heavy atom. The first-order valence-electron chi connectivity index (χ1n) is 10.2. The maximum Gasteiger partial charge on any atom is 0.431 e. The predicted octanol–water partition coefficient (Wildman–Crippen LogP) is 6.17. The van der Waals surface area contributed by atoms with Crippen LogP contribution >= 0.6 is 7.80 Å². The molecule has 2 aromatic rings. The highest BCUT2D eigenvalue weighted by atomic mass is 31.1. The molecule has 0 aliphatic carbocycles. The summed E-state index contributed by atoms with van der Waals surface area (Å²) < 4.78 is 23.9. The molecule has 0 fully saturated rings. The van der Waals surface area contributed by atoms with Crippen LogP contribution in [-0.4, -0.2) is 31.2 Å². The van der Waals surface area contributed by atoms with Crippen molar-refractivity contribution in [1.82, 2.24) is 0 Å². The Labute approximate surface area is 185 Å². The second kappa shape index (κ2) is 9.32. The summed E-state index contributed by atoms with van der Waals surface area (Å²) in [4.78, 5) is 26.4. The van der Waals surface area contributed by atoms with E-state index >= 15 is 0 Å². The van der Waals surface area contributed by atoms with Crippen molar-refractivity contribution in [2.75, 3.05) is 14.2 Å². The quantitative estimate of drug-likeness (QED) is 0.378. The molecular formula is C25H32O5P+. The molecule has 0 radical (unpaired) electrons. The number of Topliss-reactive ketones (excluding diaryl/α,β-unsaturated/α-hetero) is 1. The van der Waals surface area contributed by atoms with Crippen molar-refractivity contribution in [1.29, 1.82) is 0 Å². The first-order chi connectivity index (χ1) is 14.3. The van der Waals surface area contributed by atoms with Crippen LogP contribution in [0.15, 0.2) is 24.3 Å². The maximum absolute atomic E-state index is 13.3. The molecule has 2 unspecified atom stereocenters. The van der Waals surface area contributed by atoms with Gasteiger partial charge >= 0.3 is 13.3 Å². The van der Waals surface area contributed by atoms with E-state index in [9.17, 15) is 14.2 Å². The number of aryl methyl sites for hydroxylation is 3. The molecule has 2 atom stereocenters. The smallest absolute Gasteiger partial charge is 0.431 e. The van der Waals surface area contributed by atoms with Crippen LogP contribution in [0.1, 0.15) is 70.7 Å². The molecule has 2 aromatic carbocycles. The lowest BCUT2D eigenvalue weighted by atomic mass is 9.84. The Kier molecular flexibility index (Phi) is 7.44. The molecule has 0 aliphatic rings. The second-order valence-electron chi connectivity index (χ2n) is 8.95. The Morgan fingerprint density at radius 2 is 1.32 bits per heavy atom. The molecule has 0 saturated heterocycles. The lowest BCUT2D eigenvalue weighted by Gasteiger charge is -2.21. The molecule has 0 saturated carbocycles. The number of ether oxygens (including phenoxy) is 2. The molecule has 166 valence electrons. The van der Waals surface area contributed by atoms with E-state index in [-0.39, 0.29) is 11.0 Å². The van der Waals surface area contributed by atoms with Crippen molar-refractivity contribution in [3.8, 4) is 11.5 Å². The zero-order valence-electron chi connectivity index (χ0n) is 19.9. The van der Waals surface area contributed by atoms with Crippen molar-refractivity contribution >= 4 is 19.1 Å². The summed E-state index contributed by atoms with van der Waals surface area (Å²) in [7, 11) is 0.421. The highest BCUT2D eigenvalue weighted by Gasteiger charge is 2.44. The molecule has 5 nitrogen and oxygen atoms in total. The van der Waals surface area contributed by atoms with Gasteiger partial charge in [0.1, 0.15) is 17.1 Å². The summed E-state index contributed by atoms with van der Waals surface area (Å²) in [6.07, 6.45) is 0. The largest absolute Gasteiger partial charge is 0.496 e. The van der Waals surface area contributed by atoms with E-state index in [1.54, 1.807) is 12.1 Å². The third-order valence-electron chi connectivity index (χ3n) is 5.44. The molecule has 0 spiro atoms. The number of methoxy groups -OCH3 is 2. The van der Waals surface area contributed by atoms with Gasteiger partial charge in [0.2, 0.25) is 11.4 Å². The van der Waals surface area contributed by atoms with E-state index in [1.807, 2.05) is 32.9 Å². The number of carbonyl (C=O) groups is 2. The minimum absolute atomic E-state index is 0.0684. The lowest BCUT2D eigenvalue weighted by Crippen LogP contribution is -2.19. The summed E-state index contributed by atoms with van der Waals surface area (Å²) in [5, 5.41) is 0. The van der Waals surface area contributed by atoms with Crippen molar-refractivity contribution in [3.05, 3.63) is 57.6 Å². The summed E-state index contributed by atoms with van der Waals surface area (Å²) >= 11 is 0. The predicted molar refractivity (Wildman–Crippen MR) is 125 cm³/mol. The van der Waals surface area contributed by atoms with Crippen LogP contribution in [-0.2, 0) is 9.98 Å². The molecule has 31 heavy (non-hydrogen) atoms. The van der Waals surface area contributed by atoms with Gasteiger partial charge in [-0.2, -0.15) is 0 Å². The van der Waals surface area contributed by atoms with Crippen molar-refractivity contribution < 1.29 is 23.6 Å². The van der Waals surface area contributed by atoms with Gasteiger partial charge in [0, 0.05) is 0 Å². The maximum atomic E-state index is 13.3. The van der Waals surface area contributed by atoms with E-state index in [2.05, 4.69) is 20.8 Å². The number of benzene rings is 2. The summed E-state index contributed by atoms with van der Waals surface area (Å²) in [6, 6.07) is 7.36. The van der Waals surface area contributed by atoms with Crippen LogP contribution in [0, 0.1) is 20.8 Å². The van der Waals surface area contributed by atoms with Crippen LogP contribution in [0.2, 0.25) is 0 Å². The highest BCUT2D eigenvalue weighted by molar-refractivity contribution is 7.66. The Morgan fingerprint density at radius 1 is 0.871 bits per heavy atom. The van der Waals surface area contributed by atoms with Crippen LogP contribution in [0.5, 0.6) is 11.5 Å². The van der Waals surface area contributed by atoms with Crippen LogP contribution < -0.4 is 9.47 Å². The molecule has 2 rings (SSSR count). The van der Waals surface area contributed by atoms with Gasteiger partial charge < -0.3 is 9.47 Å². The first kappa shape index (κ1) is 24.7. The van der Waals surface area contributed by atoms with E-state index in [0.717, 1.165) is 22.3 Å². The number of rotatable bonds is 7. The zero-order chi connectivity index (χ0) is 23.7. The Hall–Kier alpha value is -2.52. The topological polar surface area (TPSA) is 69.7 Å². The fourth-order valence-corrected chi connectivity index (χ4v) is 4.89. The van der Waals surface area contributed by atoms with Crippen molar-refractivity contribution in [2.24, 2.45) is 0 Å². The van der Waals surface area contributed by atoms with Gasteiger partial charge in [0.25, 0.3) is 0 Å².